The van der Waals surface area contributed by atoms with Crippen LogP contribution < -0.4 is 10.6 Å². The predicted octanol–water partition coefficient (Wildman–Crippen LogP) is 3.26. The molecule has 1 aliphatic rings. The fourth-order valence-corrected chi connectivity index (χ4v) is 4.75. The molecule has 3 aromatic rings. The number of imide groups is 1. The molecule has 2 heterocycles. The molecule has 8 heteroatoms. The molecule has 0 saturated carbocycles. The van der Waals surface area contributed by atoms with Gasteiger partial charge in [-0.2, -0.15) is 0 Å². The van der Waals surface area contributed by atoms with Crippen LogP contribution in [0.3, 0.4) is 0 Å². The van der Waals surface area contributed by atoms with Crippen LogP contribution in [0.15, 0.2) is 72.8 Å². The van der Waals surface area contributed by atoms with E-state index in [4.69, 9.17) is 0 Å². The van der Waals surface area contributed by atoms with Gasteiger partial charge in [0.05, 0.1) is 18.0 Å². The van der Waals surface area contributed by atoms with Crippen molar-refractivity contribution < 1.29 is 19.2 Å². The molecule has 1 unspecified atom stereocenters. The predicted molar refractivity (Wildman–Crippen MR) is 125 cm³/mol. The largest absolute Gasteiger partial charge is 0.351 e. The summed E-state index contributed by atoms with van der Waals surface area (Å²) in [6, 6.07) is 21.4. The number of Topliss-reactive ketones (excluding diaryl/α,β-unsaturated/α-hetero) is 1. The first-order chi connectivity index (χ1) is 15.9. The summed E-state index contributed by atoms with van der Waals surface area (Å²) in [5.41, 5.74) is 0.270. The maximum absolute atomic E-state index is 13.6. The van der Waals surface area contributed by atoms with E-state index in [1.807, 2.05) is 48.5 Å². The topological polar surface area (TPSA) is 95.6 Å². The van der Waals surface area contributed by atoms with Crippen molar-refractivity contribution in [1.29, 1.82) is 0 Å². The highest BCUT2D eigenvalue weighted by Crippen LogP contribution is 2.33. The Morgan fingerprint density at radius 3 is 2.30 bits per heavy atom. The van der Waals surface area contributed by atoms with E-state index >= 15 is 0 Å². The second kappa shape index (κ2) is 9.38. The molecule has 0 bridgehead atoms. The number of ketones is 1. The van der Waals surface area contributed by atoms with Crippen LogP contribution in [0.25, 0.3) is 0 Å². The van der Waals surface area contributed by atoms with Crippen molar-refractivity contribution in [1.82, 2.24) is 15.5 Å². The summed E-state index contributed by atoms with van der Waals surface area (Å²) in [5, 5.41) is 5.55. The van der Waals surface area contributed by atoms with E-state index in [2.05, 4.69) is 10.6 Å². The van der Waals surface area contributed by atoms with Crippen molar-refractivity contribution in [2.75, 3.05) is 6.54 Å². The Morgan fingerprint density at radius 1 is 0.970 bits per heavy atom. The molecule has 4 rings (SSSR count). The minimum absolute atomic E-state index is 0.161. The maximum atomic E-state index is 13.6. The molecular formula is C25H23N3O4S. The highest BCUT2D eigenvalue weighted by molar-refractivity contribution is 7.14. The first-order valence-electron chi connectivity index (χ1n) is 10.5. The Bertz CT molecular complexity index is 1190. The zero-order valence-electron chi connectivity index (χ0n) is 18.0. The van der Waals surface area contributed by atoms with Crippen LogP contribution in [0.1, 0.15) is 32.6 Å². The third-order valence-electron chi connectivity index (χ3n) is 5.50. The molecular weight excluding hydrogens is 438 g/mol. The van der Waals surface area contributed by atoms with E-state index in [9.17, 15) is 19.2 Å². The average Bonchev–Trinajstić information content (AvgIpc) is 3.38. The number of nitrogens with zero attached hydrogens (tertiary/aromatic N) is 1. The van der Waals surface area contributed by atoms with Gasteiger partial charge in [-0.05, 0) is 23.3 Å². The summed E-state index contributed by atoms with van der Waals surface area (Å²) in [4.78, 5) is 52.8. The second-order valence-electron chi connectivity index (χ2n) is 7.85. The Labute approximate surface area is 195 Å². The highest BCUT2D eigenvalue weighted by atomic mass is 32.1. The van der Waals surface area contributed by atoms with Gasteiger partial charge in [-0.3, -0.25) is 19.3 Å². The lowest BCUT2D eigenvalue weighted by Crippen LogP contribution is -2.46. The minimum Gasteiger partial charge on any atom is -0.351 e. The van der Waals surface area contributed by atoms with Crippen molar-refractivity contribution in [3.05, 3.63) is 93.7 Å². The molecule has 7 nitrogen and oxygen atoms in total. The number of hydrogen-bond acceptors (Lipinski definition) is 5. The highest BCUT2D eigenvalue weighted by Gasteiger charge is 2.52. The molecule has 1 aliphatic heterocycles. The number of urea groups is 1. The standard InChI is InChI=1S/C25H23N3O4S/c1-17(29)26-15-20-12-13-22(33-20)21(30)16-28-23(31)25(27-24(28)32,19-10-6-3-7-11-19)14-18-8-4-2-5-9-18/h2-13H,14-16H2,1H3,(H,26,29)(H,27,32). The summed E-state index contributed by atoms with van der Waals surface area (Å²) < 4.78 is 0. The number of hydrogen-bond donors (Lipinski definition) is 2. The van der Waals surface area contributed by atoms with E-state index < -0.39 is 17.5 Å². The van der Waals surface area contributed by atoms with E-state index in [1.54, 1.807) is 24.3 Å². The normalized spacial score (nSPS) is 17.7. The van der Waals surface area contributed by atoms with Crippen molar-refractivity contribution >= 4 is 35.0 Å². The van der Waals surface area contributed by atoms with E-state index in [-0.39, 0.29) is 24.7 Å². The molecule has 2 N–H and O–H groups in total. The molecule has 0 radical (unpaired) electrons. The van der Waals surface area contributed by atoms with Crippen LogP contribution in [-0.2, 0) is 28.1 Å². The number of benzene rings is 2. The first kappa shape index (κ1) is 22.4. The Hall–Kier alpha value is -3.78. The molecule has 1 atom stereocenters. The lowest BCUT2D eigenvalue weighted by atomic mass is 9.83. The van der Waals surface area contributed by atoms with Gasteiger partial charge < -0.3 is 10.6 Å². The number of rotatable bonds is 8. The zero-order chi connectivity index (χ0) is 23.4. The summed E-state index contributed by atoms with van der Waals surface area (Å²) in [6.45, 7) is 1.39. The molecule has 0 aliphatic carbocycles. The van der Waals surface area contributed by atoms with Crippen LogP contribution in [-0.4, -0.2) is 35.1 Å². The van der Waals surface area contributed by atoms with Gasteiger partial charge in [-0.15, -0.1) is 11.3 Å². The molecule has 1 aromatic heterocycles. The average molecular weight is 462 g/mol. The van der Waals surface area contributed by atoms with Gasteiger partial charge in [0.1, 0.15) is 0 Å². The van der Waals surface area contributed by atoms with Crippen LogP contribution in [0.5, 0.6) is 0 Å². The number of carbonyl (C=O) groups is 4. The zero-order valence-corrected chi connectivity index (χ0v) is 18.9. The lowest BCUT2D eigenvalue weighted by Gasteiger charge is -2.27. The van der Waals surface area contributed by atoms with Gasteiger partial charge in [-0.25, -0.2) is 4.79 Å². The lowest BCUT2D eigenvalue weighted by molar-refractivity contribution is -0.131. The molecule has 1 fully saturated rings. The van der Waals surface area contributed by atoms with Crippen LogP contribution in [0, 0.1) is 0 Å². The van der Waals surface area contributed by atoms with Crippen molar-refractivity contribution in [3.8, 4) is 0 Å². The van der Waals surface area contributed by atoms with Crippen molar-refractivity contribution in [3.63, 3.8) is 0 Å². The van der Waals surface area contributed by atoms with Gasteiger partial charge in [0.2, 0.25) is 5.91 Å². The molecule has 168 valence electrons. The summed E-state index contributed by atoms with van der Waals surface area (Å²) in [5.74, 6) is -0.946. The van der Waals surface area contributed by atoms with E-state index in [0.29, 0.717) is 17.0 Å². The maximum Gasteiger partial charge on any atom is 0.325 e. The van der Waals surface area contributed by atoms with Crippen LogP contribution in [0.2, 0.25) is 0 Å². The first-order valence-corrected chi connectivity index (χ1v) is 11.3. The SMILES string of the molecule is CC(=O)NCc1ccc(C(=O)CN2C(=O)NC(Cc3ccccc3)(c3ccccc3)C2=O)s1. The number of nitrogens with one attached hydrogen (secondary N) is 2. The number of carbonyl (C=O) groups excluding carboxylic acids is 4. The Kier molecular flexibility index (Phi) is 6.37. The summed E-state index contributed by atoms with van der Waals surface area (Å²) in [7, 11) is 0. The quantitative estimate of drug-likeness (QED) is 0.398. The van der Waals surface area contributed by atoms with Gasteiger partial charge in [0, 0.05) is 18.2 Å². The minimum atomic E-state index is -1.29. The molecule has 2 aromatic carbocycles. The number of thiophene rings is 1. The van der Waals surface area contributed by atoms with Crippen LogP contribution >= 0.6 is 11.3 Å². The fourth-order valence-electron chi connectivity index (χ4n) is 3.87. The smallest absolute Gasteiger partial charge is 0.325 e. The summed E-state index contributed by atoms with van der Waals surface area (Å²) >= 11 is 1.23. The van der Waals surface area contributed by atoms with Gasteiger partial charge in [0.15, 0.2) is 11.3 Å². The number of amides is 4. The second-order valence-corrected chi connectivity index (χ2v) is 9.02. The third-order valence-corrected chi connectivity index (χ3v) is 6.63. The Balaban J connectivity index is 1.58. The van der Waals surface area contributed by atoms with E-state index in [1.165, 1.54) is 18.3 Å². The summed E-state index contributed by atoms with van der Waals surface area (Å²) in [6.07, 6.45) is 0.271. The molecule has 33 heavy (non-hydrogen) atoms. The third kappa shape index (κ3) is 4.70. The monoisotopic (exact) mass is 461 g/mol. The van der Waals surface area contributed by atoms with Crippen molar-refractivity contribution in [2.45, 2.75) is 25.4 Å². The van der Waals surface area contributed by atoms with E-state index in [0.717, 1.165) is 15.3 Å². The van der Waals surface area contributed by atoms with Gasteiger partial charge >= 0.3 is 6.03 Å². The Morgan fingerprint density at radius 2 is 1.64 bits per heavy atom. The van der Waals surface area contributed by atoms with Crippen LogP contribution in [0.4, 0.5) is 4.79 Å². The molecule has 0 spiro atoms. The van der Waals surface area contributed by atoms with Crippen molar-refractivity contribution in [2.24, 2.45) is 0 Å². The van der Waals surface area contributed by atoms with Gasteiger partial charge in [0.25, 0.3) is 5.91 Å². The fraction of sp³-hybridized carbons (Fsp3) is 0.200. The molecule has 4 amide bonds. The molecule has 1 saturated heterocycles. The van der Waals surface area contributed by atoms with Gasteiger partial charge in [-0.1, -0.05) is 60.7 Å².